The van der Waals surface area contributed by atoms with Crippen LogP contribution in [0.4, 0.5) is 15.2 Å². The summed E-state index contributed by atoms with van der Waals surface area (Å²) in [7, 11) is 1.89. The average Bonchev–Trinajstić information content (AvgIpc) is 3.52. The Labute approximate surface area is 191 Å². The molecule has 3 heterocycles. The number of pyridine rings is 2. The lowest BCUT2D eigenvalue weighted by Crippen LogP contribution is -2.11. The first kappa shape index (κ1) is 20.0. The van der Waals surface area contributed by atoms with Crippen molar-refractivity contribution in [1.82, 2.24) is 15.0 Å². The lowest BCUT2D eigenvalue weighted by atomic mass is 10.1. The Hall–Kier alpha value is -2.89. The largest absolute Gasteiger partial charge is 0.320 e. The SMILES string of the molecule is Cc1ccc(-c2nc(N(C)c3cc(C4CC4)nc4c(F)cc(Br)cc34)sc2C#N)cn1. The number of halogens is 2. The molecule has 1 aromatic carbocycles. The van der Waals surface area contributed by atoms with Gasteiger partial charge in [0, 0.05) is 46.0 Å². The maximum absolute atomic E-state index is 14.8. The molecule has 1 saturated carbocycles. The number of anilines is 2. The van der Waals surface area contributed by atoms with Gasteiger partial charge < -0.3 is 4.90 Å². The van der Waals surface area contributed by atoms with Gasteiger partial charge in [0.15, 0.2) is 10.9 Å². The van der Waals surface area contributed by atoms with Gasteiger partial charge in [0.2, 0.25) is 0 Å². The van der Waals surface area contributed by atoms with E-state index in [0.29, 0.717) is 37.0 Å². The van der Waals surface area contributed by atoms with Crippen LogP contribution in [0, 0.1) is 24.1 Å². The van der Waals surface area contributed by atoms with Gasteiger partial charge in [-0.1, -0.05) is 27.3 Å². The van der Waals surface area contributed by atoms with Gasteiger partial charge in [-0.05, 0) is 50.1 Å². The van der Waals surface area contributed by atoms with Crippen LogP contribution in [0.3, 0.4) is 0 Å². The highest BCUT2D eigenvalue weighted by atomic mass is 79.9. The summed E-state index contributed by atoms with van der Waals surface area (Å²) in [5.41, 5.74) is 4.38. The highest BCUT2D eigenvalue weighted by Crippen LogP contribution is 2.44. The summed E-state index contributed by atoms with van der Waals surface area (Å²) in [6, 6.07) is 11.4. The molecule has 0 radical (unpaired) electrons. The van der Waals surface area contributed by atoms with Gasteiger partial charge in [-0.3, -0.25) is 4.98 Å². The molecule has 3 aromatic heterocycles. The molecule has 8 heteroatoms. The Kier molecular flexibility index (Phi) is 4.95. The van der Waals surface area contributed by atoms with Crippen molar-refractivity contribution in [1.29, 1.82) is 5.26 Å². The lowest BCUT2D eigenvalue weighted by Gasteiger charge is -2.20. The van der Waals surface area contributed by atoms with Crippen molar-refractivity contribution in [2.24, 2.45) is 0 Å². The Morgan fingerprint density at radius 1 is 1.23 bits per heavy atom. The van der Waals surface area contributed by atoms with Crippen molar-refractivity contribution in [3.05, 3.63) is 63.1 Å². The smallest absolute Gasteiger partial charge is 0.191 e. The summed E-state index contributed by atoms with van der Waals surface area (Å²) < 4.78 is 15.4. The van der Waals surface area contributed by atoms with E-state index < -0.39 is 0 Å². The minimum Gasteiger partial charge on any atom is -0.320 e. The van der Waals surface area contributed by atoms with Crippen LogP contribution in [-0.4, -0.2) is 22.0 Å². The molecular weight excluding hydrogens is 477 g/mol. The average molecular weight is 494 g/mol. The number of thiazole rings is 1. The molecule has 0 atom stereocenters. The normalized spacial score (nSPS) is 13.4. The van der Waals surface area contributed by atoms with Crippen LogP contribution < -0.4 is 4.90 Å². The van der Waals surface area contributed by atoms with E-state index >= 15 is 0 Å². The van der Waals surface area contributed by atoms with Crippen LogP contribution in [0.15, 0.2) is 41.0 Å². The topological polar surface area (TPSA) is 65.7 Å². The van der Waals surface area contributed by atoms with Crippen molar-refractivity contribution < 1.29 is 4.39 Å². The number of rotatable bonds is 4. The van der Waals surface area contributed by atoms with Crippen LogP contribution in [0.2, 0.25) is 0 Å². The fourth-order valence-corrected chi connectivity index (χ4v) is 4.84. The summed E-state index contributed by atoms with van der Waals surface area (Å²) in [5.74, 6) is 0.0181. The first-order chi connectivity index (χ1) is 14.9. The van der Waals surface area contributed by atoms with E-state index in [1.54, 1.807) is 6.20 Å². The maximum Gasteiger partial charge on any atom is 0.191 e. The quantitative estimate of drug-likeness (QED) is 0.325. The van der Waals surface area contributed by atoms with Crippen molar-refractivity contribution in [2.45, 2.75) is 25.7 Å². The van der Waals surface area contributed by atoms with E-state index in [0.717, 1.165) is 35.5 Å². The zero-order valence-corrected chi connectivity index (χ0v) is 19.3. The highest BCUT2D eigenvalue weighted by Gasteiger charge is 2.28. The predicted molar refractivity (Wildman–Crippen MR) is 124 cm³/mol. The fourth-order valence-electron chi connectivity index (χ4n) is 3.55. The van der Waals surface area contributed by atoms with Crippen LogP contribution >= 0.6 is 27.3 Å². The molecule has 0 spiro atoms. The lowest BCUT2D eigenvalue weighted by molar-refractivity contribution is 0.635. The molecule has 0 amide bonds. The number of benzene rings is 1. The summed E-state index contributed by atoms with van der Waals surface area (Å²) in [6.45, 7) is 1.92. The number of fused-ring (bicyclic) bond motifs is 1. The summed E-state index contributed by atoms with van der Waals surface area (Å²) in [6.07, 6.45) is 3.87. The molecule has 5 rings (SSSR count). The van der Waals surface area contributed by atoms with Gasteiger partial charge in [-0.25, -0.2) is 14.4 Å². The van der Waals surface area contributed by atoms with Crippen molar-refractivity contribution in [3.63, 3.8) is 0 Å². The maximum atomic E-state index is 14.8. The van der Waals surface area contributed by atoms with Gasteiger partial charge >= 0.3 is 0 Å². The number of aromatic nitrogens is 3. The van der Waals surface area contributed by atoms with Crippen molar-refractivity contribution in [2.75, 3.05) is 11.9 Å². The predicted octanol–water partition coefficient (Wildman–Crippen LogP) is 6.48. The second-order valence-corrected chi connectivity index (χ2v) is 9.55. The van der Waals surface area contributed by atoms with Crippen molar-refractivity contribution in [3.8, 4) is 17.3 Å². The molecule has 0 unspecified atom stereocenters. The van der Waals surface area contributed by atoms with Gasteiger partial charge in [0.25, 0.3) is 0 Å². The number of nitriles is 1. The summed E-state index contributed by atoms with van der Waals surface area (Å²) in [4.78, 5) is 16.1. The van der Waals surface area contributed by atoms with Crippen molar-refractivity contribution >= 4 is 49.0 Å². The first-order valence-electron chi connectivity index (χ1n) is 9.82. The molecule has 0 bridgehead atoms. The standard InChI is InChI=1S/C23H17BrFN5S/c1-12-3-4-14(11-27-12)21-20(10-26)31-23(29-21)30(2)19-9-18(13-5-6-13)28-22-16(19)7-15(24)8-17(22)25/h3-4,7-9,11,13H,5-6H2,1-2H3. The van der Waals surface area contributed by atoms with Crippen LogP contribution in [0.5, 0.6) is 0 Å². The summed E-state index contributed by atoms with van der Waals surface area (Å²) >= 11 is 4.70. The van der Waals surface area contributed by atoms with E-state index in [-0.39, 0.29) is 5.82 Å². The zero-order valence-electron chi connectivity index (χ0n) is 16.9. The van der Waals surface area contributed by atoms with E-state index in [1.165, 1.54) is 17.4 Å². The first-order valence-corrected chi connectivity index (χ1v) is 11.4. The molecule has 5 nitrogen and oxygen atoms in total. The van der Waals surface area contributed by atoms with Crippen LogP contribution in [-0.2, 0) is 0 Å². The Morgan fingerprint density at radius 3 is 2.71 bits per heavy atom. The summed E-state index contributed by atoms with van der Waals surface area (Å²) in [5, 5.41) is 11.0. The minimum absolute atomic E-state index is 0.356. The van der Waals surface area contributed by atoms with Gasteiger partial charge in [0.1, 0.15) is 22.2 Å². The van der Waals surface area contributed by atoms with E-state index in [1.807, 2.05) is 43.1 Å². The molecule has 1 aliphatic carbocycles. The molecule has 0 N–H and O–H groups in total. The van der Waals surface area contributed by atoms with Gasteiger partial charge in [-0.2, -0.15) is 5.26 Å². The van der Waals surface area contributed by atoms with E-state index in [4.69, 9.17) is 4.98 Å². The Balaban J connectivity index is 1.66. The van der Waals surface area contributed by atoms with Gasteiger partial charge in [-0.15, -0.1) is 0 Å². The molecule has 1 fully saturated rings. The van der Waals surface area contributed by atoms with E-state index in [9.17, 15) is 9.65 Å². The molecule has 1 aliphatic rings. The molecule has 31 heavy (non-hydrogen) atoms. The second-order valence-electron chi connectivity index (χ2n) is 7.66. The van der Waals surface area contributed by atoms with Gasteiger partial charge in [0.05, 0.1) is 5.69 Å². The minimum atomic E-state index is -0.357. The number of hydrogen-bond acceptors (Lipinski definition) is 6. The van der Waals surface area contributed by atoms with Crippen LogP contribution in [0.1, 0.15) is 35.0 Å². The molecule has 0 saturated heterocycles. The fraction of sp³-hybridized carbons (Fsp3) is 0.217. The molecule has 4 aromatic rings. The number of hydrogen-bond donors (Lipinski definition) is 0. The molecule has 0 aliphatic heterocycles. The molecule has 154 valence electrons. The Bertz CT molecular complexity index is 1360. The number of nitrogens with zero attached hydrogens (tertiary/aromatic N) is 5. The molecular formula is C23H17BrFN5S. The second kappa shape index (κ2) is 7.66. The third-order valence-corrected chi connectivity index (χ3v) is 6.87. The van der Waals surface area contributed by atoms with Crippen LogP contribution in [0.25, 0.3) is 22.2 Å². The number of aryl methyl sites for hydroxylation is 1. The third-order valence-electron chi connectivity index (χ3n) is 5.38. The highest BCUT2D eigenvalue weighted by molar-refractivity contribution is 9.10. The monoisotopic (exact) mass is 493 g/mol. The third kappa shape index (κ3) is 3.68. The Morgan fingerprint density at radius 2 is 2.03 bits per heavy atom. The van der Waals surface area contributed by atoms with E-state index in [2.05, 4.69) is 32.0 Å². The zero-order chi connectivity index (χ0) is 21.7.